The van der Waals surface area contributed by atoms with Gasteiger partial charge in [-0.3, -0.25) is 4.79 Å². The number of carbonyl (C=O) groups is 1. The number of hydrogen-bond donors (Lipinski definition) is 3. The van der Waals surface area contributed by atoms with Crippen LogP contribution < -0.4 is 0 Å². The molecule has 0 fully saturated rings. The second-order valence-corrected chi connectivity index (χ2v) is 6.46. The second-order valence-electron chi connectivity index (χ2n) is 6.46. The molecule has 0 saturated carbocycles. The number of aromatic hydroxyl groups is 1. The lowest BCUT2D eigenvalue weighted by Gasteiger charge is -2.25. The van der Waals surface area contributed by atoms with E-state index in [4.69, 9.17) is 0 Å². The van der Waals surface area contributed by atoms with Crippen LogP contribution in [0.3, 0.4) is 0 Å². The summed E-state index contributed by atoms with van der Waals surface area (Å²) in [4.78, 5) is 11.3. The number of phenols is 1. The molecule has 0 spiro atoms. The first-order valence-electron chi connectivity index (χ1n) is 8.18. The highest BCUT2D eigenvalue weighted by Crippen LogP contribution is 2.27. The lowest BCUT2D eigenvalue weighted by atomic mass is 9.90. The molecule has 3 N–H and O–H groups in total. The molecular formula is C19H28O4. The van der Waals surface area contributed by atoms with E-state index in [0.717, 1.165) is 31.2 Å². The van der Waals surface area contributed by atoms with Crippen LogP contribution in [-0.2, 0) is 6.42 Å². The number of unbranched alkanes of at least 4 members (excludes halogenated alkanes) is 3. The largest absolute Gasteiger partial charge is 0.507 e. The first-order chi connectivity index (χ1) is 10.8. The Balaban J connectivity index is 3.07. The molecule has 4 nitrogen and oxygen atoms in total. The third kappa shape index (κ3) is 5.81. The third-order valence-electron chi connectivity index (χ3n) is 3.96. The molecule has 0 aromatic heterocycles. The quantitative estimate of drug-likeness (QED) is 0.481. The lowest BCUT2D eigenvalue weighted by molar-refractivity contribution is -0.0469. The molecular weight excluding hydrogens is 292 g/mol. The second kappa shape index (κ2) is 8.85. The van der Waals surface area contributed by atoms with Gasteiger partial charge in [0.05, 0.1) is 17.3 Å². The van der Waals surface area contributed by atoms with Gasteiger partial charge in [-0.25, -0.2) is 0 Å². The molecule has 0 bridgehead atoms. The van der Waals surface area contributed by atoms with Crippen molar-refractivity contribution in [2.45, 2.75) is 64.6 Å². The Kier molecular flexibility index (Phi) is 7.46. The molecule has 0 aliphatic heterocycles. The minimum atomic E-state index is -1.23. The van der Waals surface area contributed by atoms with Crippen LogP contribution in [0.1, 0.15) is 67.9 Å². The first kappa shape index (κ1) is 19.4. The Bertz CT molecular complexity index is 541. The molecule has 4 heteroatoms. The van der Waals surface area contributed by atoms with E-state index < -0.39 is 11.7 Å². The van der Waals surface area contributed by atoms with Crippen LogP contribution >= 0.6 is 0 Å². The van der Waals surface area contributed by atoms with Gasteiger partial charge in [-0.15, -0.1) is 0 Å². The Morgan fingerprint density at radius 1 is 1.22 bits per heavy atom. The number of aldehydes is 1. The lowest BCUT2D eigenvalue weighted by Crippen LogP contribution is -2.37. The van der Waals surface area contributed by atoms with Crippen molar-refractivity contribution < 1.29 is 20.1 Å². The maximum absolute atomic E-state index is 11.3. The number of phenolic OH excluding ortho intramolecular Hbond substituents is 1. The minimum absolute atomic E-state index is 0.0743. The summed E-state index contributed by atoms with van der Waals surface area (Å²) in [6, 6.07) is 3.13. The molecule has 1 rings (SSSR count). The highest BCUT2D eigenvalue weighted by Gasteiger charge is 2.25. The van der Waals surface area contributed by atoms with Crippen LogP contribution in [0.4, 0.5) is 0 Å². The van der Waals surface area contributed by atoms with E-state index >= 15 is 0 Å². The molecule has 1 unspecified atom stereocenters. The van der Waals surface area contributed by atoms with Gasteiger partial charge in [0, 0.05) is 6.42 Å². The van der Waals surface area contributed by atoms with E-state index in [0.29, 0.717) is 11.8 Å². The third-order valence-corrected chi connectivity index (χ3v) is 3.96. The Morgan fingerprint density at radius 3 is 2.48 bits per heavy atom. The van der Waals surface area contributed by atoms with Crippen LogP contribution in [0.5, 0.6) is 5.75 Å². The number of aliphatic hydroxyl groups is 2. The van der Waals surface area contributed by atoms with Crippen molar-refractivity contribution in [1.29, 1.82) is 0 Å². The summed E-state index contributed by atoms with van der Waals surface area (Å²) < 4.78 is 0. The Hall–Kier alpha value is -1.65. The molecule has 128 valence electrons. The van der Waals surface area contributed by atoms with Crippen molar-refractivity contribution in [3.63, 3.8) is 0 Å². The molecule has 1 aromatic carbocycles. The van der Waals surface area contributed by atoms with E-state index in [1.54, 1.807) is 19.9 Å². The maximum Gasteiger partial charge on any atom is 0.154 e. The Morgan fingerprint density at radius 2 is 1.91 bits per heavy atom. The maximum atomic E-state index is 11.3. The van der Waals surface area contributed by atoms with Crippen molar-refractivity contribution in [2.75, 3.05) is 0 Å². The van der Waals surface area contributed by atoms with Gasteiger partial charge in [0.1, 0.15) is 5.75 Å². The smallest absolute Gasteiger partial charge is 0.154 e. The van der Waals surface area contributed by atoms with E-state index in [1.165, 1.54) is 6.07 Å². The predicted octanol–water partition coefficient (Wildman–Crippen LogP) is 3.47. The number of benzene rings is 1. The van der Waals surface area contributed by atoms with E-state index in [-0.39, 0.29) is 17.7 Å². The first-order valence-corrected chi connectivity index (χ1v) is 8.18. The van der Waals surface area contributed by atoms with Gasteiger partial charge in [0.2, 0.25) is 0 Å². The van der Waals surface area contributed by atoms with Crippen molar-refractivity contribution >= 4 is 12.4 Å². The number of hydrogen-bond acceptors (Lipinski definition) is 4. The monoisotopic (exact) mass is 320 g/mol. The normalized spacial score (nSPS) is 13.4. The summed E-state index contributed by atoms with van der Waals surface area (Å²) in [6.45, 7) is 5.22. The average Bonchev–Trinajstić information content (AvgIpc) is 2.48. The van der Waals surface area contributed by atoms with Crippen molar-refractivity contribution in [3.8, 4) is 5.75 Å². The molecule has 0 aliphatic rings. The molecule has 1 atom stereocenters. The van der Waals surface area contributed by atoms with Crippen molar-refractivity contribution in [3.05, 3.63) is 34.9 Å². The molecule has 0 heterocycles. The van der Waals surface area contributed by atoms with Crippen LogP contribution in [-0.4, -0.2) is 33.3 Å². The Labute approximate surface area is 138 Å². The molecule has 0 aliphatic carbocycles. The summed E-state index contributed by atoms with van der Waals surface area (Å²) in [7, 11) is 0. The van der Waals surface area contributed by atoms with Gasteiger partial charge in [-0.1, -0.05) is 38.0 Å². The predicted molar refractivity (Wildman–Crippen MR) is 92.7 cm³/mol. The topological polar surface area (TPSA) is 77.8 Å². The number of rotatable bonds is 9. The average molecular weight is 320 g/mol. The molecule has 0 radical (unpaired) electrons. The zero-order chi connectivity index (χ0) is 17.5. The highest BCUT2D eigenvalue weighted by molar-refractivity contribution is 5.86. The molecule has 23 heavy (non-hydrogen) atoms. The number of aliphatic hydroxyl groups excluding tert-OH is 1. The van der Waals surface area contributed by atoms with Crippen LogP contribution in [0.15, 0.2) is 18.2 Å². The molecule has 0 amide bonds. The van der Waals surface area contributed by atoms with Gasteiger partial charge in [-0.2, -0.15) is 0 Å². The van der Waals surface area contributed by atoms with Gasteiger partial charge < -0.3 is 15.3 Å². The molecule has 0 saturated heterocycles. The van der Waals surface area contributed by atoms with Crippen molar-refractivity contribution in [2.24, 2.45) is 0 Å². The van der Waals surface area contributed by atoms with E-state index in [9.17, 15) is 20.1 Å². The van der Waals surface area contributed by atoms with Crippen molar-refractivity contribution in [1.82, 2.24) is 0 Å². The fourth-order valence-electron chi connectivity index (χ4n) is 2.34. The SMILES string of the molecule is CCCCC/C=C/c1c(CC(O)C(C)(C)O)ccc(O)c1C=O. The number of carbonyl (C=O) groups excluding carboxylic acids is 1. The van der Waals surface area contributed by atoms with Gasteiger partial charge in [-0.05, 0) is 43.9 Å². The summed E-state index contributed by atoms with van der Waals surface area (Å²) in [6.07, 6.45) is 7.94. The van der Waals surface area contributed by atoms with Crippen LogP contribution in [0.2, 0.25) is 0 Å². The van der Waals surface area contributed by atoms with E-state index in [1.807, 2.05) is 12.2 Å². The van der Waals surface area contributed by atoms with Gasteiger partial charge in [0.15, 0.2) is 6.29 Å². The van der Waals surface area contributed by atoms with Gasteiger partial charge in [0.25, 0.3) is 0 Å². The summed E-state index contributed by atoms with van der Waals surface area (Å²) in [5, 5.41) is 29.9. The van der Waals surface area contributed by atoms with Crippen LogP contribution in [0.25, 0.3) is 6.08 Å². The van der Waals surface area contributed by atoms with E-state index in [2.05, 4.69) is 6.92 Å². The standard InChI is InChI=1S/C19H28O4/c1-4-5-6-7-8-9-15-14(12-18(22)19(2,3)23)10-11-17(21)16(15)13-20/h8-11,13,18,21-23H,4-7,12H2,1-3H3/b9-8+. The minimum Gasteiger partial charge on any atom is -0.507 e. The zero-order valence-corrected chi connectivity index (χ0v) is 14.2. The number of allylic oxidation sites excluding steroid dienone is 1. The highest BCUT2D eigenvalue weighted by atomic mass is 16.3. The summed E-state index contributed by atoms with van der Waals surface area (Å²) in [5.74, 6) is -0.0743. The fourth-order valence-corrected chi connectivity index (χ4v) is 2.34. The van der Waals surface area contributed by atoms with Gasteiger partial charge >= 0.3 is 0 Å². The summed E-state index contributed by atoms with van der Waals surface area (Å²) in [5.41, 5.74) is 0.324. The molecule has 1 aromatic rings. The van der Waals surface area contributed by atoms with Crippen LogP contribution in [0, 0.1) is 0 Å². The fraction of sp³-hybridized carbons (Fsp3) is 0.526. The zero-order valence-electron chi connectivity index (χ0n) is 14.2. The summed E-state index contributed by atoms with van der Waals surface area (Å²) >= 11 is 0.